The fourth-order valence-electron chi connectivity index (χ4n) is 16.6. The number of allylic oxidation sites excluding steroid dienone is 4. The van der Waals surface area contributed by atoms with E-state index in [4.69, 9.17) is 6.08 Å². The molecule has 0 bridgehead atoms. The summed E-state index contributed by atoms with van der Waals surface area (Å²) in [5.41, 5.74) is 9.85. The van der Waals surface area contributed by atoms with Crippen molar-refractivity contribution in [2.75, 3.05) is 0 Å². The first kappa shape index (κ1) is 84.5. The van der Waals surface area contributed by atoms with E-state index in [0.29, 0.717) is 0 Å². The van der Waals surface area contributed by atoms with Crippen LogP contribution < -0.4 is 115 Å². The molecule has 17 heteroatoms. The number of hydrogen-bond acceptors (Lipinski definition) is 0. The molecule has 0 nitrogen and oxygen atoms in total. The van der Waals surface area contributed by atoms with Crippen molar-refractivity contribution in [2.24, 2.45) is 0 Å². The van der Waals surface area contributed by atoms with E-state index < -0.39 is 105 Å². The molecule has 1 aliphatic carbocycles. The van der Waals surface area contributed by atoms with Gasteiger partial charge in [0.25, 0.3) is 0 Å². The molecular formula is C66H129Cl3Si13Ti. The van der Waals surface area contributed by atoms with Gasteiger partial charge in [0.05, 0.1) is 96.9 Å². The third-order valence-electron chi connectivity index (χ3n) is 18.4. The molecule has 3 aromatic carbocycles. The molecule has 0 saturated carbocycles. The summed E-state index contributed by atoms with van der Waals surface area (Å²) in [5, 5.41) is 28.7. The second-order valence-corrected chi connectivity index (χ2v) is 102. The van der Waals surface area contributed by atoms with Crippen LogP contribution in [0.1, 0.15) is 44.4 Å². The van der Waals surface area contributed by atoms with Gasteiger partial charge in [-0.05, 0) is 20.8 Å². The van der Waals surface area contributed by atoms with Gasteiger partial charge in [-0.25, -0.2) is 5.57 Å². The summed E-state index contributed by atoms with van der Waals surface area (Å²) in [7, 11) is -30.3. The first-order valence-electron chi connectivity index (χ1n) is 31.2. The largest absolute Gasteiger partial charge is 4.00 e. The molecule has 0 radical (unpaired) electrons. The summed E-state index contributed by atoms with van der Waals surface area (Å²) >= 11 is 0. The van der Waals surface area contributed by atoms with E-state index in [1.807, 2.05) is 77.8 Å². The summed E-state index contributed by atoms with van der Waals surface area (Å²) in [6.45, 7) is 120. The molecule has 1 unspecified atom stereocenters. The van der Waals surface area contributed by atoms with Crippen LogP contribution in [-0.4, -0.2) is 105 Å². The summed E-state index contributed by atoms with van der Waals surface area (Å²) in [4.78, 5) is 0. The average molecular weight is 1440 g/mol. The maximum Gasteiger partial charge on any atom is 4.00 e. The second kappa shape index (κ2) is 25.5. The van der Waals surface area contributed by atoms with Crippen molar-refractivity contribution < 1.29 is 58.9 Å². The molecule has 0 heterocycles. The van der Waals surface area contributed by atoms with Gasteiger partial charge in [0.1, 0.15) is 8.07 Å². The Kier molecular flexibility index (Phi) is 25.9. The quantitative estimate of drug-likeness (QED) is 0.117. The Hall–Kier alpha value is 1.54. The van der Waals surface area contributed by atoms with Gasteiger partial charge in [-0.1, -0.05) is 356 Å². The van der Waals surface area contributed by atoms with Crippen molar-refractivity contribution in [3.63, 3.8) is 0 Å². The standard InChI is InChI=1S/C66H129Si13.3ClH.Ti/c1-45-44-66(7,50(6)46(45)2)79(63-57(73(26,27)28)51(67(8,9)10)47(3)52(68(11,12)13)58(63)74(29,30)31,64-59(75(32,33)34)53(69(14,15)16)48(4)54(70(17,18)19)60(64)76(35,36)37)65-61(77(38,39)40)55(71(20,21)22)49(5)56(72(23,24)25)62(65)78(41,42)43;;;;/h1-43H3;3*1H;/q-1;;;;+4/p-3. The van der Waals surface area contributed by atoms with Crippen molar-refractivity contribution in [3.8, 4) is 0 Å². The minimum absolute atomic E-state index is 0. The zero-order chi connectivity index (χ0) is 62.8. The maximum absolute atomic E-state index is 5.00. The Labute approximate surface area is 564 Å². The van der Waals surface area contributed by atoms with Crippen molar-refractivity contribution in [3.05, 3.63) is 39.5 Å². The Morgan fingerprint density at radius 2 is 0.361 bits per heavy atom. The fraction of sp³-hybridized carbons (Fsp3) is 0.667. The van der Waals surface area contributed by atoms with Crippen LogP contribution in [0, 0.1) is 26.8 Å². The molecule has 83 heavy (non-hydrogen) atoms. The molecule has 1 atom stereocenters. The van der Waals surface area contributed by atoms with E-state index in [2.05, 4.69) is 284 Å². The van der Waals surface area contributed by atoms with Crippen molar-refractivity contribution in [1.82, 2.24) is 0 Å². The minimum Gasteiger partial charge on any atom is -1.00 e. The molecule has 0 fully saturated rings. The van der Waals surface area contributed by atoms with E-state index in [-0.39, 0.29) is 64.0 Å². The first-order chi connectivity index (χ1) is 34.3. The van der Waals surface area contributed by atoms with E-state index in [9.17, 15) is 0 Å². The summed E-state index contributed by atoms with van der Waals surface area (Å²) < 4.78 is 0. The number of benzene rings is 3. The second-order valence-electron chi connectivity index (χ2n) is 38.4. The van der Waals surface area contributed by atoms with Gasteiger partial charge in [0.2, 0.25) is 0 Å². The van der Waals surface area contributed by atoms with Gasteiger partial charge in [0.15, 0.2) is 0 Å². The molecular weight excluding hydrogens is 1310 g/mol. The number of halogens is 3. The molecule has 0 amide bonds. The average Bonchev–Trinajstić information content (AvgIpc) is 3.34. The van der Waals surface area contributed by atoms with Crippen LogP contribution in [0.25, 0.3) is 0 Å². The third kappa shape index (κ3) is 15.1. The predicted molar refractivity (Wildman–Crippen MR) is 413 cm³/mol. The minimum atomic E-state index is -3.77. The van der Waals surface area contributed by atoms with Crippen LogP contribution in [0.5, 0.6) is 0 Å². The van der Waals surface area contributed by atoms with Crippen LogP contribution >= 0.6 is 0 Å². The van der Waals surface area contributed by atoms with E-state index in [1.165, 1.54) is 11.1 Å². The van der Waals surface area contributed by atoms with Gasteiger partial charge >= 0.3 is 21.7 Å². The topological polar surface area (TPSA) is 0 Å². The Morgan fingerprint density at radius 1 is 0.229 bits per heavy atom. The number of rotatable bonds is 16. The van der Waals surface area contributed by atoms with E-state index in [1.54, 1.807) is 22.3 Å². The zero-order valence-corrected chi connectivity index (χ0v) is 79.5. The Morgan fingerprint density at radius 3 is 0.458 bits per heavy atom. The predicted octanol–water partition coefficient (Wildman–Crippen LogP) is 3.49. The normalized spacial score (nSPS) is 16.8. The van der Waals surface area contributed by atoms with Crippen LogP contribution in [0.15, 0.2) is 16.7 Å². The van der Waals surface area contributed by atoms with Gasteiger partial charge < -0.3 is 37.2 Å². The number of hydrogen-bond donors (Lipinski definition) is 0. The van der Waals surface area contributed by atoms with Crippen LogP contribution in [-0.2, 0) is 21.7 Å². The summed E-state index contributed by atoms with van der Waals surface area (Å²) in [6, 6.07) is 0. The molecule has 3 aromatic rings. The Bertz CT molecular complexity index is 2570. The van der Waals surface area contributed by atoms with Crippen LogP contribution in [0.2, 0.25) is 241 Å². The molecule has 4 rings (SSSR count). The van der Waals surface area contributed by atoms with Gasteiger partial charge in [-0.3, -0.25) is 6.08 Å². The van der Waals surface area contributed by atoms with E-state index in [0.717, 1.165) is 0 Å². The molecule has 0 aliphatic heterocycles. The van der Waals surface area contributed by atoms with Crippen molar-refractivity contribution in [1.29, 1.82) is 0 Å². The first-order valence-corrected chi connectivity index (χ1v) is 75.2. The van der Waals surface area contributed by atoms with Crippen molar-refractivity contribution >= 4 is 183 Å². The fourth-order valence-corrected chi connectivity index (χ4v) is 71.7. The third-order valence-corrected chi connectivity index (χ3v) is 51.9. The SMILES string of the molecule is CC1=[C-]C(C)([Si](c2c([Si](C)(C)C)c([Si](C)(C)C)c(C)c([Si](C)(C)C)c2[Si](C)(C)C)(c2c([Si](C)(C)C)c([Si](C)(C)C)c(C)c([Si](C)(C)C)c2[Si](C)(C)C)c2c([Si](C)(C)C)c([Si](C)(C)C)c(C)c([Si](C)(C)C)c2[Si](C)(C)C)C(C)=C1C.[Cl-].[Cl-].[Cl-].[Ti+4]. The summed E-state index contributed by atoms with van der Waals surface area (Å²) in [5.74, 6) is 0. The Balaban J connectivity index is 0.0000168. The van der Waals surface area contributed by atoms with Gasteiger partial charge in [0, 0.05) is 0 Å². The maximum atomic E-state index is 5.00. The molecule has 1 aliphatic rings. The molecule has 470 valence electrons. The van der Waals surface area contributed by atoms with E-state index >= 15 is 0 Å². The molecule has 0 saturated heterocycles. The van der Waals surface area contributed by atoms with Gasteiger partial charge in [-0.15, -0.1) is 6.92 Å². The smallest absolute Gasteiger partial charge is 1.00 e. The summed E-state index contributed by atoms with van der Waals surface area (Å²) in [6.07, 6.45) is 5.00. The van der Waals surface area contributed by atoms with Crippen molar-refractivity contribution in [2.45, 2.75) is 289 Å². The monoisotopic (exact) mass is 1440 g/mol. The van der Waals surface area contributed by atoms with Gasteiger partial charge in [-0.2, -0.15) is 11.1 Å². The van der Waals surface area contributed by atoms with Crippen LogP contribution in [0.4, 0.5) is 0 Å². The molecule has 0 N–H and O–H groups in total. The molecule has 0 aromatic heterocycles. The zero-order valence-electron chi connectivity index (χ0n) is 62.6. The molecule has 0 spiro atoms. The van der Waals surface area contributed by atoms with Crippen LogP contribution in [0.3, 0.4) is 0 Å².